The van der Waals surface area contributed by atoms with Gasteiger partial charge in [0.2, 0.25) is 0 Å². The van der Waals surface area contributed by atoms with Crippen LogP contribution in [0.5, 0.6) is 0 Å². The summed E-state index contributed by atoms with van der Waals surface area (Å²) in [5, 5.41) is 23.1. The van der Waals surface area contributed by atoms with E-state index in [4.69, 9.17) is 0 Å². The SMILES string of the molecule is Cc1nnn2c1-c1ccc(-c3cnn(C)c3)cc1C(O)CC2. The average molecular weight is 295 g/mol. The van der Waals surface area contributed by atoms with Crippen molar-refractivity contribution in [2.75, 3.05) is 0 Å². The molecule has 3 heterocycles. The van der Waals surface area contributed by atoms with Gasteiger partial charge in [-0.1, -0.05) is 17.3 Å². The summed E-state index contributed by atoms with van der Waals surface area (Å²) >= 11 is 0. The molecule has 0 bridgehead atoms. The van der Waals surface area contributed by atoms with Crippen LogP contribution in [0.25, 0.3) is 22.4 Å². The highest BCUT2D eigenvalue weighted by Crippen LogP contribution is 2.37. The molecule has 112 valence electrons. The Hall–Kier alpha value is -2.47. The van der Waals surface area contributed by atoms with Gasteiger partial charge in [-0.3, -0.25) is 4.68 Å². The van der Waals surface area contributed by atoms with Crippen molar-refractivity contribution in [2.24, 2.45) is 7.05 Å². The monoisotopic (exact) mass is 295 g/mol. The Morgan fingerprint density at radius 1 is 1.27 bits per heavy atom. The van der Waals surface area contributed by atoms with Gasteiger partial charge in [0.25, 0.3) is 0 Å². The molecule has 2 aromatic heterocycles. The van der Waals surface area contributed by atoms with Gasteiger partial charge in [-0.25, -0.2) is 4.68 Å². The number of hydrogen-bond acceptors (Lipinski definition) is 4. The fourth-order valence-corrected chi connectivity index (χ4v) is 3.09. The van der Waals surface area contributed by atoms with E-state index in [2.05, 4.69) is 33.6 Å². The van der Waals surface area contributed by atoms with E-state index in [-0.39, 0.29) is 0 Å². The van der Waals surface area contributed by atoms with Crippen LogP contribution in [0.1, 0.15) is 23.8 Å². The maximum absolute atomic E-state index is 10.5. The molecule has 4 rings (SSSR count). The standard InChI is InChI=1S/C16H17N5O/c1-10-16-13-4-3-11(12-8-17-20(2)9-12)7-14(13)15(22)5-6-21(16)19-18-10/h3-4,7-9,15,22H,5-6H2,1-2H3. The van der Waals surface area contributed by atoms with Gasteiger partial charge in [-0.15, -0.1) is 5.10 Å². The van der Waals surface area contributed by atoms with Gasteiger partial charge in [0.05, 0.1) is 23.7 Å². The molecule has 1 aliphatic heterocycles. The normalized spacial score (nSPS) is 17.0. The third-order valence-corrected chi connectivity index (χ3v) is 4.22. The second-order valence-electron chi connectivity index (χ2n) is 5.76. The zero-order valence-corrected chi connectivity index (χ0v) is 12.6. The zero-order valence-electron chi connectivity index (χ0n) is 12.6. The molecule has 3 aromatic rings. The Labute approximate surface area is 128 Å². The predicted octanol–water partition coefficient (Wildman–Crippen LogP) is 2.09. The average Bonchev–Trinajstić information content (AvgIpc) is 3.07. The Kier molecular flexibility index (Phi) is 2.87. The molecule has 6 heteroatoms. The van der Waals surface area contributed by atoms with E-state index in [1.54, 1.807) is 4.68 Å². The molecule has 1 aliphatic rings. The van der Waals surface area contributed by atoms with Crippen LogP contribution < -0.4 is 0 Å². The van der Waals surface area contributed by atoms with Crippen LogP contribution in [0.4, 0.5) is 0 Å². The minimum atomic E-state index is -0.493. The molecular formula is C16H17N5O. The molecule has 6 nitrogen and oxygen atoms in total. The molecule has 0 saturated carbocycles. The van der Waals surface area contributed by atoms with E-state index < -0.39 is 6.10 Å². The van der Waals surface area contributed by atoms with Gasteiger partial charge >= 0.3 is 0 Å². The second-order valence-corrected chi connectivity index (χ2v) is 5.76. The van der Waals surface area contributed by atoms with Crippen molar-refractivity contribution >= 4 is 0 Å². The smallest absolute Gasteiger partial charge is 0.0918 e. The quantitative estimate of drug-likeness (QED) is 0.746. The number of benzene rings is 1. The van der Waals surface area contributed by atoms with Crippen LogP contribution >= 0.6 is 0 Å². The van der Waals surface area contributed by atoms with Crippen LogP contribution in [-0.4, -0.2) is 29.9 Å². The molecule has 22 heavy (non-hydrogen) atoms. The summed E-state index contributed by atoms with van der Waals surface area (Å²) in [6.07, 6.45) is 3.95. The Bertz CT molecular complexity index is 848. The lowest BCUT2D eigenvalue weighted by molar-refractivity contribution is 0.162. The number of rotatable bonds is 1. The van der Waals surface area contributed by atoms with Gasteiger partial charge in [0, 0.05) is 30.9 Å². The van der Waals surface area contributed by atoms with Crippen molar-refractivity contribution in [3.63, 3.8) is 0 Å². The Morgan fingerprint density at radius 2 is 2.14 bits per heavy atom. The maximum atomic E-state index is 10.5. The molecule has 0 saturated heterocycles. The number of hydrogen-bond donors (Lipinski definition) is 1. The molecule has 0 amide bonds. The number of aliphatic hydroxyl groups is 1. The third-order valence-electron chi connectivity index (χ3n) is 4.22. The van der Waals surface area contributed by atoms with Crippen LogP contribution in [-0.2, 0) is 13.6 Å². The molecule has 1 N–H and O–H groups in total. The van der Waals surface area contributed by atoms with Crippen LogP contribution in [0.15, 0.2) is 30.6 Å². The lowest BCUT2D eigenvalue weighted by atomic mass is 9.94. The minimum Gasteiger partial charge on any atom is -0.388 e. The number of aromatic nitrogens is 5. The van der Waals surface area contributed by atoms with Crippen molar-refractivity contribution in [3.8, 4) is 22.4 Å². The highest BCUT2D eigenvalue weighted by Gasteiger charge is 2.24. The lowest BCUT2D eigenvalue weighted by Gasteiger charge is -2.13. The van der Waals surface area contributed by atoms with Gasteiger partial charge in [0.15, 0.2) is 0 Å². The minimum absolute atomic E-state index is 0.493. The summed E-state index contributed by atoms with van der Waals surface area (Å²) in [6, 6.07) is 6.16. The van der Waals surface area contributed by atoms with Crippen molar-refractivity contribution < 1.29 is 5.11 Å². The van der Waals surface area contributed by atoms with E-state index >= 15 is 0 Å². The molecular weight excluding hydrogens is 278 g/mol. The number of fused-ring (bicyclic) bond motifs is 3. The largest absolute Gasteiger partial charge is 0.388 e. The van der Waals surface area contributed by atoms with Gasteiger partial charge in [-0.05, 0) is 30.5 Å². The number of nitrogens with zero attached hydrogens (tertiary/aromatic N) is 5. The molecule has 1 unspecified atom stereocenters. The van der Waals surface area contributed by atoms with Crippen molar-refractivity contribution in [1.29, 1.82) is 0 Å². The van der Waals surface area contributed by atoms with E-state index in [0.717, 1.165) is 33.6 Å². The summed E-state index contributed by atoms with van der Waals surface area (Å²) < 4.78 is 3.66. The van der Waals surface area contributed by atoms with E-state index in [9.17, 15) is 5.11 Å². The molecule has 1 aromatic carbocycles. The van der Waals surface area contributed by atoms with Crippen LogP contribution in [0.3, 0.4) is 0 Å². The topological polar surface area (TPSA) is 68.8 Å². The fourth-order valence-electron chi connectivity index (χ4n) is 3.09. The summed E-state index contributed by atoms with van der Waals surface area (Å²) in [4.78, 5) is 0. The summed E-state index contributed by atoms with van der Waals surface area (Å²) in [6.45, 7) is 2.63. The predicted molar refractivity (Wildman–Crippen MR) is 82.0 cm³/mol. The van der Waals surface area contributed by atoms with Crippen LogP contribution in [0, 0.1) is 6.92 Å². The van der Waals surface area contributed by atoms with Crippen LogP contribution in [0.2, 0.25) is 0 Å². The summed E-state index contributed by atoms with van der Waals surface area (Å²) in [5.74, 6) is 0. The highest BCUT2D eigenvalue weighted by atomic mass is 16.3. The second kappa shape index (κ2) is 4.78. The number of aliphatic hydroxyl groups excluding tert-OH is 1. The van der Waals surface area contributed by atoms with Crippen molar-refractivity contribution in [1.82, 2.24) is 24.8 Å². The maximum Gasteiger partial charge on any atom is 0.0918 e. The molecule has 0 aliphatic carbocycles. The summed E-state index contributed by atoms with van der Waals surface area (Å²) in [7, 11) is 1.90. The molecule has 0 spiro atoms. The van der Waals surface area contributed by atoms with E-state index in [1.807, 2.05) is 31.0 Å². The van der Waals surface area contributed by atoms with E-state index in [0.29, 0.717) is 13.0 Å². The Morgan fingerprint density at radius 3 is 2.91 bits per heavy atom. The van der Waals surface area contributed by atoms with Crippen molar-refractivity contribution in [2.45, 2.75) is 26.0 Å². The first-order valence-electron chi connectivity index (χ1n) is 7.35. The molecule has 0 radical (unpaired) electrons. The summed E-state index contributed by atoms with van der Waals surface area (Å²) in [5.41, 5.74) is 5.95. The van der Waals surface area contributed by atoms with Gasteiger partial charge in [0.1, 0.15) is 0 Å². The number of aryl methyl sites for hydroxylation is 3. The van der Waals surface area contributed by atoms with E-state index in [1.165, 1.54) is 0 Å². The third kappa shape index (κ3) is 1.95. The van der Waals surface area contributed by atoms with Gasteiger partial charge < -0.3 is 5.11 Å². The highest BCUT2D eigenvalue weighted by molar-refractivity contribution is 5.73. The molecule has 1 atom stereocenters. The van der Waals surface area contributed by atoms with Gasteiger partial charge in [-0.2, -0.15) is 5.10 Å². The Balaban J connectivity index is 1.91. The lowest BCUT2D eigenvalue weighted by Crippen LogP contribution is -2.02. The first-order chi connectivity index (χ1) is 10.6. The molecule has 0 fully saturated rings. The first kappa shape index (κ1) is 13.2. The first-order valence-corrected chi connectivity index (χ1v) is 7.35. The van der Waals surface area contributed by atoms with Crippen molar-refractivity contribution in [3.05, 3.63) is 41.9 Å². The zero-order chi connectivity index (χ0) is 15.3. The fraction of sp³-hybridized carbons (Fsp3) is 0.312.